The zero-order valence-corrected chi connectivity index (χ0v) is 20.2. The SMILES string of the molecule is COP(=O)([O-])On1cc(-c2ccc(C(=O)Nc3cn(C)nc3-c3ccccn3)o2)cn1.[Na+]. The number of hydrogen-bond acceptors (Lipinski definition) is 9. The first-order chi connectivity index (χ1) is 14.8. The maximum Gasteiger partial charge on any atom is 1.00 e. The smallest absolute Gasteiger partial charge is 0.745 e. The minimum Gasteiger partial charge on any atom is -0.745 e. The zero-order chi connectivity index (χ0) is 22.0. The molecule has 0 aliphatic rings. The van der Waals surface area contributed by atoms with Crippen molar-refractivity contribution in [3.63, 3.8) is 0 Å². The van der Waals surface area contributed by atoms with Crippen molar-refractivity contribution >= 4 is 19.4 Å². The van der Waals surface area contributed by atoms with Gasteiger partial charge < -0.3 is 23.8 Å². The van der Waals surface area contributed by atoms with Crippen LogP contribution in [0.25, 0.3) is 22.7 Å². The van der Waals surface area contributed by atoms with E-state index in [1.807, 2.05) is 6.07 Å². The minimum atomic E-state index is -4.51. The molecule has 1 unspecified atom stereocenters. The summed E-state index contributed by atoms with van der Waals surface area (Å²) in [5, 5.41) is 10.9. The van der Waals surface area contributed by atoms with Gasteiger partial charge in [-0.05, 0) is 24.3 Å². The van der Waals surface area contributed by atoms with E-state index in [0.29, 0.717) is 27.5 Å². The molecule has 12 nitrogen and oxygen atoms in total. The Bertz CT molecular complexity index is 1270. The molecule has 4 aromatic rings. The van der Waals surface area contributed by atoms with Gasteiger partial charge in [-0.2, -0.15) is 5.10 Å². The number of hydrogen-bond donors (Lipinski definition) is 1. The fourth-order valence-corrected chi connectivity index (χ4v) is 3.04. The molecule has 160 valence electrons. The number of amides is 1. The summed E-state index contributed by atoms with van der Waals surface area (Å²) >= 11 is 0. The van der Waals surface area contributed by atoms with Gasteiger partial charge in [-0.3, -0.25) is 19.0 Å². The second-order valence-corrected chi connectivity index (χ2v) is 7.66. The molecule has 4 rings (SSSR count). The summed E-state index contributed by atoms with van der Waals surface area (Å²) in [4.78, 5) is 29.0. The Balaban J connectivity index is 0.00000289. The van der Waals surface area contributed by atoms with Crippen LogP contribution in [0, 0.1) is 0 Å². The van der Waals surface area contributed by atoms with Crippen molar-refractivity contribution in [2.24, 2.45) is 7.05 Å². The van der Waals surface area contributed by atoms with Crippen molar-refractivity contribution in [2.75, 3.05) is 12.4 Å². The number of aryl methyl sites for hydroxylation is 1. The van der Waals surface area contributed by atoms with Gasteiger partial charge in [0.1, 0.15) is 11.5 Å². The largest absolute Gasteiger partial charge is 1.00 e. The average Bonchev–Trinajstić information content (AvgIpc) is 3.48. The van der Waals surface area contributed by atoms with Crippen molar-refractivity contribution < 1.29 is 57.4 Å². The summed E-state index contributed by atoms with van der Waals surface area (Å²) in [5.41, 5.74) is 1.99. The van der Waals surface area contributed by atoms with Gasteiger partial charge in [0, 0.05) is 26.6 Å². The number of pyridine rings is 1. The van der Waals surface area contributed by atoms with Crippen molar-refractivity contribution in [2.45, 2.75) is 0 Å². The van der Waals surface area contributed by atoms with E-state index in [0.717, 1.165) is 7.11 Å². The Morgan fingerprint density at radius 1 is 1.25 bits per heavy atom. The van der Waals surface area contributed by atoms with Crippen molar-refractivity contribution in [3.8, 4) is 22.7 Å². The molecule has 0 bridgehead atoms. The van der Waals surface area contributed by atoms with Gasteiger partial charge in [0.15, 0.2) is 5.76 Å². The van der Waals surface area contributed by atoms with Crippen LogP contribution in [-0.4, -0.2) is 37.7 Å². The number of carbonyl (C=O) groups is 1. The standard InChI is InChI=1S/C18H17N6O6P.Na/c1-23-11-14(17(22-23)13-5-3-4-8-19-13)21-18(25)16-7-6-15(29-16)12-9-20-24(10-12)30-31(26,27)28-2;/h3-11H,1-2H3,(H,21,25)(H,26,27);/q;+1/p-1. The van der Waals surface area contributed by atoms with E-state index < -0.39 is 13.7 Å². The minimum absolute atomic E-state index is 0. The van der Waals surface area contributed by atoms with Gasteiger partial charge in [0.25, 0.3) is 5.91 Å². The molecule has 1 atom stereocenters. The van der Waals surface area contributed by atoms with Crippen LogP contribution < -0.4 is 44.4 Å². The van der Waals surface area contributed by atoms with Gasteiger partial charge in [-0.1, -0.05) is 10.9 Å². The van der Waals surface area contributed by atoms with Crippen LogP contribution in [-0.2, 0) is 16.1 Å². The van der Waals surface area contributed by atoms with Crippen LogP contribution >= 0.6 is 7.82 Å². The van der Waals surface area contributed by atoms with E-state index in [1.54, 1.807) is 42.3 Å². The molecule has 0 radical (unpaired) electrons. The first-order valence-corrected chi connectivity index (χ1v) is 10.3. The van der Waals surface area contributed by atoms with E-state index in [1.165, 1.54) is 18.5 Å². The summed E-state index contributed by atoms with van der Waals surface area (Å²) in [5.74, 6) is -0.177. The van der Waals surface area contributed by atoms with Crippen molar-refractivity contribution in [1.29, 1.82) is 0 Å². The molecule has 0 saturated carbocycles. The molecule has 1 N–H and O–H groups in total. The Kier molecular flexibility index (Phi) is 7.34. The molecule has 0 aliphatic heterocycles. The molecule has 0 saturated heterocycles. The number of anilines is 1. The number of carbonyl (C=O) groups excluding carboxylic acids is 1. The predicted octanol–water partition coefficient (Wildman–Crippen LogP) is -1.26. The van der Waals surface area contributed by atoms with E-state index >= 15 is 0 Å². The van der Waals surface area contributed by atoms with E-state index in [2.05, 4.69) is 29.6 Å². The number of phosphoric ester groups is 1. The Morgan fingerprint density at radius 2 is 2.06 bits per heavy atom. The van der Waals surface area contributed by atoms with Crippen molar-refractivity contribution in [3.05, 3.63) is 60.9 Å². The second-order valence-electron chi connectivity index (χ2n) is 6.24. The average molecular weight is 466 g/mol. The van der Waals surface area contributed by atoms with E-state index in [-0.39, 0.29) is 41.1 Å². The summed E-state index contributed by atoms with van der Waals surface area (Å²) in [6.07, 6.45) is 5.88. The molecule has 4 aromatic heterocycles. The number of phosphoric acid groups is 1. The van der Waals surface area contributed by atoms with Gasteiger partial charge in [0.2, 0.25) is 0 Å². The quantitative estimate of drug-likeness (QED) is 0.260. The normalized spacial score (nSPS) is 12.6. The molecule has 1 amide bonds. The maximum atomic E-state index is 12.7. The number of nitrogens with one attached hydrogen (secondary N) is 1. The number of rotatable bonds is 7. The monoisotopic (exact) mass is 466 g/mol. The fraction of sp³-hybridized carbons (Fsp3) is 0.111. The predicted molar refractivity (Wildman–Crippen MR) is 106 cm³/mol. The Morgan fingerprint density at radius 3 is 2.78 bits per heavy atom. The second kappa shape index (κ2) is 9.82. The summed E-state index contributed by atoms with van der Waals surface area (Å²) < 4.78 is 27.3. The van der Waals surface area contributed by atoms with Crippen LogP contribution in [0.5, 0.6) is 0 Å². The molecule has 14 heteroatoms. The fourth-order valence-electron chi connectivity index (χ4n) is 2.68. The van der Waals surface area contributed by atoms with Crippen LogP contribution in [0.2, 0.25) is 0 Å². The topological polar surface area (TPSA) is 149 Å². The molecule has 0 aliphatic carbocycles. The van der Waals surface area contributed by atoms with Crippen LogP contribution in [0.1, 0.15) is 10.6 Å². The third-order valence-corrected chi connectivity index (χ3v) is 4.88. The van der Waals surface area contributed by atoms with E-state index in [9.17, 15) is 14.3 Å². The van der Waals surface area contributed by atoms with Gasteiger partial charge in [0.05, 0.1) is 29.3 Å². The molecule has 4 heterocycles. The third-order valence-electron chi connectivity index (χ3n) is 4.07. The van der Waals surface area contributed by atoms with Gasteiger partial charge in [-0.15, -0.1) is 5.10 Å². The summed E-state index contributed by atoms with van der Waals surface area (Å²) in [6, 6.07) is 8.42. The summed E-state index contributed by atoms with van der Waals surface area (Å²) in [7, 11) is -1.81. The third kappa shape index (κ3) is 5.36. The zero-order valence-electron chi connectivity index (χ0n) is 17.3. The molecular formula is C18H16N6NaO6P. The molecule has 0 spiro atoms. The first-order valence-electron chi connectivity index (χ1n) is 8.83. The van der Waals surface area contributed by atoms with E-state index in [4.69, 9.17) is 4.42 Å². The first kappa shape index (κ1) is 23.9. The molecule has 32 heavy (non-hydrogen) atoms. The van der Waals surface area contributed by atoms with Crippen LogP contribution in [0.4, 0.5) is 5.69 Å². The number of aromatic nitrogens is 5. The number of furan rings is 1. The van der Waals surface area contributed by atoms with Gasteiger partial charge >= 0.3 is 37.4 Å². The summed E-state index contributed by atoms with van der Waals surface area (Å²) in [6.45, 7) is 0. The maximum absolute atomic E-state index is 12.7. The molecule has 0 aromatic carbocycles. The van der Waals surface area contributed by atoms with Crippen molar-refractivity contribution in [1.82, 2.24) is 24.7 Å². The Labute approximate surface area is 204 Å². The van der Waals surface area contributed by atoms with Crippen LogP contribution in [0.15, 0.2) is 59.5 Å². The number of nitrogens with zero attached hydrogens (tertiary/aromatic N) is 5. The molecular weight excluding hydrogens is 450 g/mol. The van der Waals surface area contributed by atoms with Gasteiger partial charge in [-0.25, -0.2) is 0 Å². The van der Waals surface area contributed by atoms with Crippen LogP contribution in [0.3, 0.4) is 0 Å². The molecule has 0 fully saturated rings. The Hall–Kier alpha value is -2.73.